The third-order valence-corrected chi connectivity index (χ3v) is 6.11. The van der Waals surface area contributed by atoms with Gasteiger partial charge in [0.2, 0.25) is 10.0 Å². The Morgan fingerprint density at radius 1 is 1.17 bits per heavy atom. The highest BCUT2D eigenvalue weighted by Gasteiger charge is 2.32. The molecular formula is C18H20F3N3O4S. The number of methoxy groups -OCH3 is 2. The van der Waals surface area contributed by atoms with E-state index in [9.17, 15) is 21.6 Å². The average Bonchev–Trinajstić information content (AvgIpc) is 3.14. The van der Waals surface area contributed by atoms with Crippen LogP contribution in [0, 0.1) is 0 Å². The summed E-state index contributed by atoms with van der Waals surface area (Å²) in [5, 5.41) is 0. The zero-order valence-corrected chi connectivity index (χ0v) is 16.5. The number of nitrogens with one attached hydrogen (secondary N) is 1. The van der Waals surface area contributed by atoms with Crippen LogP contribution in [0.15, 0.2) is 41.4 Å². The average molecular weight is 431 g/mol. The topological polar surface area (TPSA) is 80.8 Å². The van der Waals surface area contributed by atoms with E-state index >= 15 is 0 Å². The van der Waals surface area contributed by atoms with Crippen molar-refractivity contribution in [3.8, 4) is 11.5 Å². The van der Waals surface area contributed by atoms with Crippen LogP contribution in [0.25, 0.3) is 0 Å². The third kappa shape index (κ3) is 4.73. The predicted octanol–water partition coefficient (Wildman–Crippen LogP) is 2.67. The Bertz CT molecular complexity index is 965. The standard InChI is InChI=1S/C18H20F3N3O4S/c1-27-14-4-5-15(28-2)16(9-14)29(25,26)23-13-7-8-24(11-13)17-6-3-12(10-22-17)18(19,20)21/h3-6,9-10,13,23H,7-8,11H2,1-2H3. The van der Waals surface area contributed by atoms with E-state index in [2.05, 4.69) is 9.71 Å². The summed E-state index contributed by atoms with van der Waals surface area (Å²) in [5.41, 5.74) is -0.831. The summed E-state index contributed by atoms with van der Waals surface area (Å²) in [6.45, 7) is 0.741. The van der Waals surface area contributed by atoms with Crippen molar-refractivity contribution in [3.63, 3.8) is 0 Å². The highest BCUT2D eigenvalue weighted by atomic mass is 32.2. The number of halogens is 3. The monoisotopic (exact) mass is 431 g/mol. The number of rotatable bonds is 6. The van der Waals surface area contributed by atoms with Crippen molar-refractivity contribution in [2.45, 2.75) is 23.5 Å². The van der Waals surface area contributed by atoms with Crippen molar-refractivity contribution in [3.05, 3.63) is 42.1 Å². The van der Waals surface area contributed by atoms with Crippen LogP contribution in [0.2, 0.25) is 0 Å². The molecule has 0 radical (unpaired) electrons. The van der Waals surface area contributed by atoms with Crippen molar-refractivity contribution >= 4 is 15.8 Å². The molecule has 158 valence electrons. The Kier molecular flexibility index (Phi) is 5.90. The summed E-state index contributed by atoms with van der Waals surface area (Å²) < 4.78 is 76.5. The number of aromatic nitrogens is 1. The summed E-state index contributed by atoms with van der Waals surface area (Å²) in [6, 6.07) is 6.27. The maximum absolute atomic E-state index is 12.8. The van der Waals surface area contributed by atoms with E-state index in [1.54, 1.807) is 11.0 Å². The Labute approximate surface area is 166 Å². The molecule has 1 saturated heterocycles. The number of hydrogen-bond acceptors (Lipinski definition) is 6. The molecule has 7 nitrogen and oxygen atoms in total. The van der Waals surface area contributed by atoms with E-state index in [0.29, 0.717) is 24.5 Å². The van der Waals surface area contributed by atoms with E-state index in [0.717, 1.165) is 12.3 Å². The second kappa shape index (κ2) is 8.07. The number of hydrogen-bond donors (Lipinski definition) is 1. The van der Waals surface area contributed by atoms with E-state index < -0.39 is 27.8 Å². The molecule has 0 amide bonds. The van der Waals surface area contributed by atoms with E-state index in [4.69, 9.17) is 9.47 Å². The Morgan fingerprint density at radius 3 is 2.52 bits per heavy atom. The first-order valence-corrected chi connectivity index (χ1v) is 10.1. The molecule has 1 unspecified atom stereocenters. The minimum atomic E-state index is -4.45. The van der Waals surface area contributed by atoms with Crippen LogP contribution in [0.3, 0.4) is 0 Å². The van der Waals surface area contributed by atoms with Crippen molar-refractivity contribution in [1.29, 1.82) is 0 Å². The van der Waals surface area contributed by atoms with Gasteiger partial charge < -0.3 is 14.4 Å². The first-order valence-electron chi connectivity index (χ1n) is 8.66. The van der Waals surface area contributed by atoms with Crippen LogP contribution in [-0.2, 0) is 16.2 Å². The van der Waals surface area contributed by atoms with E-state index in [1.807, 2.05) is 0 Å². The van der Waals surface area contributed by atoms with Gasteiger partial charge in [0.25, 0.3) is 0 Å². The predicted molar refractivity (Wildman–Crippen MR) is 99.7 cm³/mol. The largest absolute Gasteiger partial charge is 0.497 e. The Hall–Kier alpha value is -2.53. The van der Waals surface area contributed by atoms with Crippen LogP contribution in [-0.4, -0.2) is 46.8 Å². The van der Waals surface area contributed by atoms with Gasteiger partial charge in [0.15, 0.2) is 0 Å². The quantitative estimate of drug-likeness (QED) is 0.758. The minimum absolute atomic E-state index is 0.0505. The van der Waals surface area contributed by atoms with Gasteiger partial charge >= 0.3 is 6.18 Å². The lowest BCUT2D eigenvalue weighted by atomic mass is 10.3. The zero-order chi connectivity index (χ0) is 21.2. The van der Waals surface area contributed by atoms with Crippen molar-refractivity contribution in [2.24, 2.45) is 0 Å². The number of benzene rings is 1. The number of anilines is 1. The highest BCUT2D eigenvalue weighted by molar-refractivity contribution is 7.89. The van der Waals surface area contributed by atoms with Crippen LogP contribution in [0.1, 0.15) is 12.0 Å². The molecular weight excluding hydrogens is 411 g/mol. The molecule has 0 aliphatic carbocycles. The summed E-state index contributed by atoms with van der Waals surface area (Å²) in [5.74, 6) is 0.907. The molecule has 0 saturated carbocycles. The molecule has 3 rings (SSSR count). The van der Waals surface area contributed by atoms with Gasteiger partial charge in [-0.3, -0.25) is 0 Å². The Morgan fingerprint density at radius 2 is 1.93 bits per heavy atom. The molecule has 29 heavy (non-hydrogen) atoms. The van der Waals surface area contributed by atoms with Gasteiger partial charge in [-0.15, -0.1) is 0 Å². The second-order valence-corrected chi connectivity index (χ2v) is 8.15. The third-order valence-electron chi connectivity index (χ3n) is 4.57. The molecule has 1 aromatic heterocycles. The smallest absolute Gasteiger partial charge is 0.417 e. The van der Waals surface area contributed by atoms with Crippen LogP contribution in [0.5, 0.6) is 11.5 Å². The lowest BCUT2D eigenvalue weighted by Crippen LogP contribution is -2.37. The molecule has 1 N–H and O–H groups in total. The normalized spacial score (nSPS) is 17.4. The fourth-order valence-electron chi connectivity index (χ4n) is 3.08. The molecule has 1 aliphatic rings. The summed E-state index contributed by atoms with van der Waals surface area (Å²) in [6.07, 6.45) is -3.20. The van der Waals surface area contributed by atoms with Gasteiger partial charge in [-0.2, -0.15) is 13.2 Å². The van der Waals surface area contributed by atoms with Crippen LogP contribution < -0.4 is 19.1 Å². The first-order chi connectivity index (χ1) is 13.6. The fourth-order valence-corrected chi connectivity index (χ4v) is 4.53. The Balaban J connectivity index is 1.72. The summed E-state index contributed by atoms with van der Waals surface area (Å²) in [7, 11) is -1.10. The lowest BCUT2D eigenvalue weighted by Gasteiger charge is -2.19. The molecule has 0 bridgehead atoms. The highest BCUT2D eigenvalue weighted by Crippen LogP contribution is 2.31. The van der Waals surface area contributed by atoms with Gasteiger partial charge in [0.1, 0.15) is 22.2 Å². The molecule has 1 aromatic carbocycles. The number of nitrogens with zero attached hydrogens (tertiary/aromatic N) is 2. The van der Waals surface area contributed by atoms with Crippen molar-refractivity contribution in [2.75, 3.05) is 32.2 Å². The molecule has 11 heteroatoms. The molecule has 1 fully saturated rings. The van der Waals surface area contributed by atoms with E-state index in [1.165, 1.54) is 32.4 Å². The number of ether oxygens (including phenoxy) is 2. The minimum Gasteiger partial charge on any atom is -0.497 e. The molecule has 1 aliphatic heterocycles. The molecule has 2 heterocycles. The van der Waals surface area contributed by atoms with Gasteiger partial charge in [-0.05, 0) is 30.7 Å². The maximum atomic E-state index is 12.8. The molecule has 1 atom stereocenters. The van der Waals surface area contributed by atoms with Crippen LogP contribution >= 0.6 is 0 Å². The van der Waals surface area contributed by atoms with Crippen LogP contribution in [0.4, 0.5) is 19.0 Å². The number of alkyl halides is 3. The van der Waals surface area contributed by atoms with Crippen molar-refractivity contribution < 1.29 is 31.1 Å². The maximum Gasteiger partial charge on any atom is 0.417 e. The molecule has 2 aromatic rings. The number of pyridine rings is 1. The second-order valence-electron chi connectivity index (χ2n) is 6.47. The SMILES string of the molecule is COc1ccc(OC)c(S(=O)(=O)NC2CCN(c3ccc(C(F)(F)F)cn3)C2)c1. The van der Waals surface area contributed by atoms with Gasteiger partial charge in [0, 0.05) is 31.4 Å². The fraction of sp³-hybridized carbons (Fsp3) is 0.389. The van der Waals surface area contributed by atoms with Gasteiger partial charge in [0.05, 0.1) is 19.8 Å². The van der Waals surface area contributed by atoms with Crippen molar-refractivity contribution in [1.82, 2.24) is 9.71 Å². The molecule has 0 spiro atoms. The zero-order valence-electron chi connectivity index (χ0n) is 15.7. The number of sulfonamides is 1. The summed E-state index contributed by atoms with van der Waals surface area (Å²) >= 11 is 0. The summed E-state index contributed by atoms with van der Waals surface area (Å²) in [4.78, 5) is 5.54. The first kappa shape index (κ1) is 21.2. The van der Waals surface area contributed by atoms with E-state index in [-0.39, 0.29) is 17.2 Å². The lowest BCUT2D eigenvalue weighted by molar-refractivity contribution is -0.137. The van der Waals surface area contributed by atoms with Gasteiger partial charge in [-0.1, -0.05) is 0 Å². The van der Waals surface area contributed by atoms with Gasteiger partial charge in [-0.25, -0.2) is 18.1 Å².